The van der Waals surface area contributed by atoms with Crippen LogP contribution in [0.15, 0.2) is 27.4 Å². The summed E-state index contributed by atoms with van der Waals surface area (Å²) in [5.41, 5.74) is 1.69. The normalized spacial score (nSPS) is 10.6. The third-order valence-electron chi connectivity index (χ3n) is 2.64. The summed E-state index contributed by atoms with van der Waals surface area (Å²) in [5, 5.41) is 5.30. The molecule has 0 aliphatic heterocycles. The first-order valence-electron chi connectivity index (χ1n) is 5.75. The van der Waals surface area contributed by atoms with E-state index in [-0.39, 0.29) is 6.03 Å². The lowest BCUT2D eigenvalue weighted by molar-refractivity contribution is 0.198. The number of aromatic nitrogens is 1. The first kappa shape index (κ1) is 13.2. The Kier molecular flexibility index (Phi) is 3.86. The van der Waals surface area contributed by atoms with E-state index in [4.69, 9.17) is 9.15 Å². The number of hydrogen-bond donors (Lipinski definition) is 2. The summed E-state index contributed by atoms with van der Waals surface area (Å²) in [6, 6.07) is 4.66. The fraction of sp³-hybridized carbons (Fsp3) is 0.333. The van der Waals surface area contributed by atoms with Crippen LogP contribution in [0, 0.1) is 0 Å². The van der Waals surface area contributed by atoms with Crippen molar-refractivity contribution in [3.63, 3.8) is 0 Å². The van der Waals surface area contributed by atoms with Crippen LogP contribution in [0.4, 0.5) is 10.5 Å². The predicted molar refractivity (Wildman–Crippen MR) is 70.4 cm³/mol. The van der Waals surface area contributed by atoms with Crippen molar-refractivity contribution in [2.24, 2.45) is 7.05 Å². The molecule has 0 saturated heterocycles. The number of aryl methyl sites for hydroxylation is 1. The van der Waals surface area contributed by atoms with Crippen LogP contribution in [0.25, 0.3) is 11.1 Å². The molecule has 0 saturated carbocycles. The standard InChI is InChI=1S/C12H15N3O4/c1-15-9-7-8(3-4-10(9)19-12(15)17)14-11(16)13-5-6-18-2/h3-4,7H,5-6H2,1-2H3,(H2,13,14,16). The lowest BCUT2D eigenvalue weighted by Crippen LogP contribution is -2.31. The van der Waals surface area contributed by atoms with E-state index in [2.05, 4.69) is 10.6 Å². The SMILES string of the molecule is COCCNC(=O)Nc1ccc2oc(=O)n(C)c2c1. The molecule has 1 aromatic heterocycles. The molecule has 2 N–H and O–H groups in total. The number of rotatable bonds is 4. The minimum atomic E-state index is -0.434. The highest BCUT2D eigenvalue weighted by Gasteiger charge is 2.07. The molecule has 0 fully saturated rings. The summed E-state index contributed by atoms with van der Waals surface area (Å²) in [6.45, 7) is 0.872. The molecular formula is C12H15N3O4. The van der Waals surface area contributed by atoms with Crippen LogP contribution in [-0.4, -0.2) is 30.9 Å². The number of carbonyl (C=O) groups excluding carboxylic acids is 1. The number of nitrogens with one attached hydrogen (secondary N) is 2. The van der Waals surface area contributed by atoms with E-state index in [1.807, 2.05) is 0 Å². The third-order valence-corrected chi connectivity index (χ3v) is 2.64. The van der Waals surface area contributed by atoms with Crippen molar-refractivity contribution in [2.45, 2.75) is 0 Å². The Bertz CT molecular complexity index is 644. The monoisotopic (exact) mass is 265 g/mol. The van der Waals surface area contributed by atoms with Crippen molar-refractivity contribution < 1.29 is 13.9 Å². The highest BCUT2D eigenvalue weighted by atomic mass is 16.5. The minimum Gasteiger partial charge on any atom is -0.408 e. The van der Waals surface area contributed by atoms with Gasteiger partial charge in [-0.3, -0.25) is 4.57 Å². The van der Waals surface area contributed by atoms with E-state index in [1.165, 1.54) is 4.57 Å². The molecule has 0 atom stereocenters. The van der Waals surface area contributed by atoms with Gasteiger partial charge in [0.05, 0.1) is 12.1 Å². The molecule has 0 bridgehead atoms. The average molecular weight is 265 g/mol. The van der Waals surface area contributed by atoms with E-state index >= 15 is 0 Å². The van der Waals surface area contributed by atoms with Gasteiger partial charge in [0.2, 0.25) is 0 Å². The highest BCUT2D eigenvalue weighted by molar-refractivity contribution is 5.91. The van der Waals surface area contributed by atoms with Crippen molar-refractivity contribution in [1.82, 2.24) is 9.88 Å². The van der Waals surface area contributed by atoms with E-state index in [0.29, 0.717) is 29.9 Å². The van der Waals surface area contributed by atoms with Gasteiger partial charge in [-0.1, -0.05) is 0 Å². The molecule has 0 spiro atoms. The molecule has 19 heavy (non-hydrogen) atoms. The minimum absolute atomic E-state index is 0.329. The smallest absolute Gasteiger partial charge is 0.408 e. The van der Waals surface area contributed by atoms with Gasteiger partial charge in [0.25, 0.3) is 0 Å². The summed E-state index contributed by atoms with van der Waals surface area (Å²) in [4.78, 5) is 22.9. The number of oxazole rings is 1. The zero-order valence-electron chi connectivity index (χ0n) is 10.7. The van der Waals surface area contributed by atoms with Crippen molar-refractivity contribution in [3.8, 4) is 0 Å². The lowest BCUT2D eigenvalue weighted by atomic mass is 10.3. The molecule has 7 heteroatoms. The number of amides is 2. The summed E-state index contributed by atoms with van der Waals surface area (Å²) < 4.78 is 11.2. The number of urea groups is 1. The van der Waals surface area contributed by atoms with Crippen molar-refractivity contribution in [3.05, 3.63) is 28.7 Å². The molecule has 1 heterocycles. The summed E-state index contributed by atoms with van der Waals surface area (Å²) >= 11 is 0. The van der Waals surface area contributed by atoms with Gasteiger partial charge in [-0.05, 0) is 18.2 Å². The van der Waals surface area contributed by atoms with Gasteiger partial charge in [-0.15, -0.1) is 0 Å². The van der Waals surface area contributed by atoms with Crippen molar-refractivity contribution in [2.75, 3.05) is 25.6 Å². The number of ether oxygens (including phenoxy) is 1. The summed E-state index contributed by atoms with van der Waals surface area (Å²) in [6.07, 6.45) is 0. The second kappa shape index (κ2) is 5.57. The van der Waals surface area contributed by atoms with E-state index in [9.17, 15) is 9.59 Å². The van der Waals surface area contributed by atoms with E-state index in [0.717, 1.165) is 0 Å². The highest BCUT2D eigenvalue weighted by Crippen LogP contribution is 2.17. The van der Waals surface area contributed by atoms with Crippen LogP contribution in [-0.2, 0) is 11.8 Å². The summed E-state index contributed by atoms with van der Waals surface area (Å²) in [7, 11) is 3.17. The van der Waals surface area contributed by atoms with Crippen molar-refractivity contribution >= 4 is 22.8 Å². The Hall–Kier alpha value is -2.28. The first-order valence-corrected chi connectivity index (χ1v) is 5.75. The maximum atomic E-state index is 11.5. The number of methoxy groups -OCH3 is 1. The molecule has 0 unspecified atom stereocenters. The molecule has 2 rings (SSSR count). The van der Waals surface area contributed by atoms with Gasteiger partial charge < -0.3 is 19.8 Å². The average Bonchev–Trinajstić information content (AvgIpc) is 2.66. The van der Waals surface area contributed by atoms with Crippen LogP contribution >= 0.6 is 0 Å². The molecule has 0 aliphatic carbocycles. The lowest BCUT2D eigenvalue weighted by Gasteiger charge is -2.07. The molecular weight excluding hydrogens is 250 g/mol. The maximum absolute atomic E-state index is 11.5. The number of nitrogens with zero attached hydrogens (tertiary/aromatic N) is 1. The quantitative estimate of drug-likeness (QED) is 0.804. The van der Waals surface area contributed by atoms with E-state index < -0.39 is 5.76 Å². The Morgan fingerprint density at radius 2 is 2.26 bits per heavy atom. The topological polar surface area (TPSA) is 85.5 Å². The van der Waals surface area contributed by atoms with Crippen LogP contribution < -0.4 is 16.4 Å². The molecule has 102 valence electrons. The van der Waals surface area contributed by atoms with Crippen LogP contribution in [0.5, 0.6) is 0 Å². The second-order valence-corrected chi connectivity index (χ2v) is 3.98. The molecule has 1 aromatic carbocycles. The Morgan fingerprint density at radius 3 is 3.00 bits per heavy atom. The van der Waals surface area contributed by atoms with Gasteiger partial charge in [0, 0.05) is 26.4 Å². The predicted octanol–water partition coefficient (Wildman–Crippen LogP) is 0.899. The number of benzene rings is 1. The fourth-order valence-electron chi connectivity index (χ4n) is 1.65. The Morgan fingerprint density at radius 1 is 1.47 bits per heavy atom. The molecule has 0 aliphatic rings. The second-order valence-electron chi connectivity index (χ2n) is 3.98. The van der Waals surface area contributed by atoms with Gasteiger partial charge in [0.1, 0.15) is 0 Å². The van der Waals surface area contributed by atoms with Crippen molar-refractivity contribution in [1.29, 1.82) is 0 Å². The van der Waals surface area contributed by atoms with Crippen LogP contribution in [0.2, 0.25) is 0 Å². The van der Waals surface area contributed by atoms with Gasteiger partial charge in [-0.2, -0.15) is 0 Å². The molecule has 7 nitrogen and oxygen atoms in total. The van der Waals surface area contributed by atoms with Gasteiger partial charge in [0.15, 0.2) is 5.58 Å². The number of carbonyl (C=O) groups is 1. The third kappa shape index (κ3) is 2.94. The largest absolute Gasteiger partial charge is 0.419 e. The summed E-state index contributed by atoms with van der Waals surface area (Å²) in [5.74, 6) is -0.434. The molecule has 2 aromatic rings. The number of anilines is 1. The molecule has 0 radical (unpaired) electrons. The maximum Gasteiger partial charge on any atom is 0.419 e. The Balaban J connectivity index is 2.11. The zero-order valence-corrected chi connectivity index (χ0v) is 10.7. The molecule has 2 amide bonds. The van der Waals surface area contributed by atoms with Crippen LogP contribution in [0.1, 0.15) is 0 Å². The first-order chi connectivity index (χ1) is 9.11. The Labute approximate surface area is 109 Å². The van der Waals surface area contributed by atoms with Crippen LogP contribution in [0.3, 0.4) is 0 Å². The number of hydrogen-bond acceptors (Lipinski definition) is 4. The van der Waals surface area contributed by atoms with E-state index in [1.54, 1.807) is 32.4 Å². The van der Waals surface area contributed by atoms with Gasteiger partial charge >= 0.3 is 11.8 Å². The van der Waals surface area contributed by atoms with Gasteiger partial charge in [-0.25, -0.2) is 9.59 Å². The number of fused-ring (bicyclic) bond motifs is 1. The zero-order chi connectivity index (χ0) is 13.8. The fourth-order valence-corrected chi connectivity index (χ4v) is 1.65.